The van der Waals surface area contributed by atoms with E-state index in [1.54, 1.807) is 6.92 Å². The van der Waals surface area contributed by atoms with Crippen molar-refractivity contribution < 1.29 is 9.59 Å². The van der Waals surface area contributed by atoms with Gasteiger partial charge >= 0.3 is 0 Å². The number of hydrogen-bond acceptors (Lipinski definition) is 2. The molecule has 1 aliphatic carbocycles. The smallest absolute Gasteiger partial charge is 0.233 e. The zero-order valence-electron chi connectivity index (χ0n) is 12.7. The molecule has 1 aromatic carbocycles. The minimum Gasteiger partial charge on any atom is -0.339 e. The molecular formula is C18H23NO2. The van der Waals surface area contributed by atoms with Gasteiger partial charge in [0.05, 0.1) is 5.41 Å². The lowest BCUT2D eigenvalue weighted by Crippen LogP contribution is -2.48. The molecule has 1 unspecified atom stereocenters. The fourth-order valence-electron chi connectivity index (χ4n) is 3.60. The van der Waals surface area contributed by atoms with E-state index in [9.17, 15) is 9.59 Å². The third-order valence-electron chi connectivity index (χ3n) is 4.90. The molecule has 0 spiro atoms. The van der Waals surface area contributed by atoms with Gasteiger partial charge in [-0.05, 0) is 44.6 Å². The average Bonchev–Trinajstić information content (AvgIpc) is 3.29. The van der Waals surface area contributed by atoms with Crippen molar-refractivity contribution in [3.8, 4) is 0 Å². The normalized spacial score (nSPS) is 23.7. The summed E-state index contributed by atoms with van der Waals surface area (Å²) in [6.07, 6.45) is 5.55. The summed E-state index contributed by atoms with van der Waals surface area (Å²) in [5.41, 5.74) is 0.843. The molecule has 1 aromatic rings. The summed E-state index contributed by atoms with van der Waals surface area (Å²) in [6.45, 7) is 2.44. The van der Waals surface area contributed by atoms with E-state index in [-0.39, 0.29) is 23.1 Å². The number of ketones is 1. The minimum absolute atomic E-state index is 0.116. The Kier molecular flexibility index (Phi) is 3.83. The van der Waals surface area contributed by atoms with Gasteiger partial charge in [0.2, 0.25) is 5.91 Å². The number of carbonyl (C=O) groups is 2. The van der Waals surface area contributed by atoms with Crippen LogP contribution in [0.4, 0.5) is 0 Å². The lowest BCUT2D eigenvalue weighted by molar-refractivity contribution is -0.138. The van der Waals surface area contributed by atoms with Crippen LogP contribution in [0.25, 0.3) is 0 Å². The van der Waals surface area contributed by atoms with E-state index >= 15 is 0 Å². The average molecular weight is 285 g/mol. The van der Waals surface area contributed by atoms with Crippen LogP contribution in [0.1, 0.15) is 51.0 Å². The molecule has 21 heavy (non-hydrogen) atoms. The SMILES string of the molecule is CC(=O)CC1CCCCN1C(=O)C1(c2ccccc2)CC1. The summed E-state index contributed by atoms with van der Waals surface area (Å²) >= 11 is 0. The van der Waals surface area contributed by atoms with Gasteiger partial charge in [0.25, 0.3) is 0 Å². The zero-order chi connectivity index (χ0) is 14.9. The Morgan fingerprint density at radius 2 is 1.90 bits per heavy atom. The molecule has 3 rings (SSSR count). The number of Topliss-reactive ketones (excluding diaryl/α,β-unsaturated/α-hetero) is 1. The Balaban J connectivity index is 1.81. The molecule has 1 saturated carbocycles. The molecule has 0 radical (unpaired) electrons. The van der Waals surface area contributed by atoms with Crippen LogP contribution in [0.3, 0.4) is 0 Å². The van der Waals surface area contributed by atoms with Crippen LogP contribution < -0.4 is 0 Å². The third kappa shape index (κ3) is 2.74. The van der Waals surface area contributed by atoms with Crippen molar-refractivity contribution in [2.24, 2.45) is 0 Å². The number of carbonyl (C=O) groups excluding carboxylic acids is 2. The first kappa shape index (κ1) is 14.3. The molecular weight excluding hydrogens is 262 g/mol. The van der Waals surface area contributed by atoms with Crippen molar-refractivity contribution in [1.82, 2.24) is 4.90 Å². The second-order valence-corrected chi connectivity index (χ2v) is 6.50. The largest absolute Gasteiger partial charge is 0.339 e. The van der Waals surface area contributed by atoms with Crippen LogP contribution in [0.5, 0.6) is 0 Å². The maximum Gasteiger partial charge on any atom is 0.233 e. The highest BCUT2D eigenvalue weighted by atomic mass is 16.2. The fourth-order valence-corrected chi connectivity index (χ4v) is 3.60. The van der Waals surface area contributed by atoms with Gasteiger partial charge in [-0.3, -0.25) is 9.59 Å². The maximum atomic E-state index is 13.1. The molecule has 0 N–H and O–H groups in total. The van der Waals surface area contributed by atoms with Gasteiger partial charge in [0.1, 0.15) is 5.78 Å². The first-order valence-corrected chi connectivity index (χ1v) is 7.99. The number of rotatable bonds is 4. The minimum atomic E-state index is -0.298. The summed E-state index contributed by atoms with van der Waals surface area (Å²) in [6, 6.07) is 10.2. The second kappa shape index (κ2) is 5.63. The topological polar surface area (TPSA) is 37.4 Å². The summed E-state index contributed by atoms with van der Waals surface area (Å²) < 4.78 is 0. The van der Waals surface area contributed by atoms with Gasteiger partial charge in [0.15, 0.2) is 0 Å². The number of hydrogen-bond donors (Lipinski definition) is 0. The van der Waals surface area contributed by atoms with E-state index in [0.29, 0.717) is 6.42 Å². The number of nitrogens with zero attached hydrogens (tertiary/aromatic N) is 1. The molecule has 2 fully saturated rings. The van der Waals surface area contributed by atoms with Crippen LogP contribution >= 0.6 is 0 Å². The van der Waals surface area contributed by atoms with Gasteiger partial charge in [-0.2, -0.15) is 0 Å². The molecule has 1 aliphatic heterocycles. The Morgan fingerprint density at radius 3 is 2.52 bits per heavy atom. The van der Waals surface area contributed by atoms with Gasteiger partial charge in [-0.1, -0.05) is 30.3 Å². The number of amides is 1. The number of benzene rings is 1. The molecule has 1 atom stereocenters. The highest BCUT2D eigenvalue weighted by Crippen LogP contribution is 2.50. The quantitative estimate of drug-likeness (QED) is 0.852. The summed E-state index contributed by atoms with van der Waals surface area (Å²) in [5.74, 6) is 0.434. The van der Waals surface area contributed by atoms with Gasteiger partial charge < -0.3 is 4.90 Å². The van der Waals surface area contributed by atoms with E-state index in [0.717, 1.165) is 44.2 Å². The predicted octanol–water partition coefficient (Wildman–Crippen LogP) is 3.08. The number of likely N-dealkylation sites (tertiary alicyclic amines) is 1. The molecule has 2 aliphatic rings. The molecule has 1 amide bonds. The number of piperidine rings is 1. The summed E-state index contributed by atoms with van der Waals surface area (Å²) in [7, 11) is 0. The first-order valence-electron chi connectivity index (χ1n) is 7.99. The van der Waals surface area contributed by atoms with Crippen LogP contribution in [0.2, 0.25) is 0 Å². The Morgan fingerprint density at radius 1 is 1.19 bits per heavy atom. The fraction of sp³-hybridized carbons (Fsp3) is 0.556. The van der Waals surface area contributed by atoms with Crippen molar-refractivity contribution in [3.63, 3.8) is 0 Å². The Labute approximate surface area is 126 Å². The lowest BCUT2D eigenvalue weighted by atomic mass is 9.90. The predicted molar refractivity (Wildman–Crippen MR) is 82.0 cm³/mol. The highest BCUT2D eigenvalue weighted by Gasteiger charge is 2.53. The zero-order valence-corrected chi connectivity index (χ0v) is 12.7. The van der Waals surface area contributed by atoms with E-state index in [1.165, 1.54) is 0 Å². The van der Waals surface area contributed by atoms with Crippen LogP contribution in [0.15, 0.2) is 30.3 Å². The molecule has 3 heteroatoms. The van der Waals surface area contributed by atoms with E-state index in [2.05, 4.69) is 12.1 Å². The monoisotopic (exact) mass is 285 g/mol. The van der Waals surface area contributed by atoms with Crippen molar-refractivity contribution in [2.75, 3.05) is 6.54 Å². The van der Waals surface area contributed by atoms with Crippen molar-refractivity contribution in [3.05, 3.63) is 35.9 Å². The molecule has 1 saturated heterocycles. The first-order chi connectivity index (χ1) is 10.1. The molecule has 3 nitrogen and oxygen atoms in total. The van der Waals surface area contributed by atoms with E-state index in [4.69, 9.17) is 0 Å². The summed E-state index contributed by atoms with van der Waals surface area (Å²) in [5, 5.41) is 0. The maximum absolute atomic E-state index is 13.1. The van der Waals surface area contributed by atoms with Crippen molar-refractivity contribution in [2.45, 2.75) is 56.9 Å². The van der Waals surface area contributed by atoms with Crippen LogP contribution in [-0.2, 0) is 15.0 Å². The second-order valence-electron chi connectivity index (χ2n) is 6.50. The summed E-state index contributed by atoms with van der Waals surface area (Å²) in [4.78, 5) is 26.6. The van der Waals surface area contributed by atoms with Gasteiger partial charge in [-0.25, -0.2) is 0 Å². The Hall–Kier alpha value is -1.64. The molecule has 0 bridgehead atoms. The highest BCUT2D eigenvalue weighted by molar-refractivity contribution is 5.92. The van der Waals surface area contributed by atoms with Crippen molar-refractivity contribution >= 4 is 11.7 Å². The van der Waals surface area contributed by atoms with Crippen molar-refractivity contribution in [1.29, 1.82) is 0 Å². The van der Waals surface area contributed by atoms with Gasteiger partial charge in [-0.15, -0.1) is 0 Å². The van der Waals surface area contributed by atoms with E-state index < -0.39 is 0 Å². The van der Waals surface area contributed by atoms with Crippen LogP contribution in [-0.4, -0.2) is 29.2 Å². The molecule has 0 aromatic heterocycles. The lowest BCUT2D eigenvalue weighted by Gasteiger charge is -2.38. The van der Waals surface area contributed by atoms with Crippen LogP contribution in [0, 0.1) is 0 Å². The van der Waals surface area contributed by atoms with E-state index in [1.807, 2.05) is 23.1 Å². The molecule has 1 heterocycles. The van der Waals surface area contributed by atoms with Gasteiger partial charge in [0, 0.05) is 19.0 Å². The Bertz CT molecular complexity index is 533. The third-order valence-corrected chi connectivity index (χ3v) is 4.90. The standard InChI is InChI=1S/C18H23NO2/c1-14(20)13-16-9-5-6-12-19(16)17(21)18(10-11-18)15-7-3-2-4-8-15/h2-4,7-8,16H,5-6,9-13H2,1H3. The molecule has 112 valence electrons.